The molecule has 1 amide bonds. The minimum Gasteiger partial charge on any atom is -0.318 e. The summed E-state index contributed by atoms with van der Waals surface area (Å²) in [7, 11) is 0. The van der Waals surface area contributed by atoms with E-state index >= 15 is 0 Å². The van der Waals surface area contributed by atoms with Crippen LogP contribution in [0.25, 0.3) is 11.0 Å². The molecular formula is C21H20ClN5OS. The van der Waals surface area contributed by atoms with Gasteiger partial charge in [0.15, 0.2) is 0 Å². The molecule has 148 valence electrons. The first-order chi connectivity index (χ1) is 14.1. The second-order valence-corrected chi connectivity index (χ2v) is 7.89. The third kappa shape index (κ3) is 4.46. The fourth-order valence-corrected chi connectivity index (χ4v) is 3.80. The molecule has 0 saturated heterocycles. The zero-order valence-corrected chi connectivity index (χ0v) is 17.5. The number of imidazole rings is 1. The number of aromatic nitrogens is 4. The van der Waals surface area contributed by atoms with E-state index in [9.17, 15) is 4.79 Å². The van der Waals surface area contributed by atoms with Crippen molar-refractivity contribution in [2.75, 3.05) is 11.6 Å². The molecule has 0 atom stereocenters. The van der Waals surface area contributed by atoms with Gasteiger partial charge >= 0.3 is 0 Å². The summed E-state index contributed by atoms with van der Waals surface area (Å²) in [5.41, 5.74) is 2.91. The topological polar surface area (TPSA) is 64.7 Å². The van der Waals surface area contributed by atoms with Crippen molar-refractivity contribution in [2.45, 2.75) is 18.8 Å². The van der Waals surface area contributed by atoms with Crippen LogP contribution in [0.15, 0.2) is 60.8 Å². The summed E-state index contributed by atoms with van der Waals surface area (Å²) in [6.45, 7) is 0.744. The summed E-state index contributed by atoms with van der Waals surface area (Å²) in [5.74, 6) is 2.17. The van der Waals surface area contributed by atoms with Crippen molar-refractivity contribution in [2.24, 2.45) is 0 Å². The number of fused-ring (bicyclic) bond motifs is 1. The third-order valence-electron chi connectivity index (χ3n) is 4.54. The fraction of sp³-hybridized carbons (Fsp3) is 0.190. The summed E-state index contributed by atoms with van der Waals surface area (Å²) >= 11 is 7.63. The molecule has 4 aromatic rings. The van der Waals surface area contributed by atoms with Gasteiger partial charge in [-0.2, -0.15) is 16.9 Å². The standard InChI is InChI=1S/C21H20ClN5OS/c1-29-14-20-24-17-4-2-3-5-18(17)26(20)13-21(28)25-19-10-11-23-27(19)12-15-6-8-16(22)9-7-15/h2-11H,12-14H2,1H3,(H,25,28). The summed E-state index contributed by atoms with van der Waals surface area (Å²) in [5, 5.41) is 7.99. The molecule has 0 aliphatic carbocycles. The molecule has 8 heteroatoms. The maximum atomic E-state index is 12.8. The average molecular weight is 426 g/mol. The number of amides is 1. The van der Waals surface area contributed by atoms with Crippen LogP contribution in [0.2, 0.25) is 5.02 Å². The highest BCUT2D eigenvalue weighted by Gasteiger charge is 2.14. The van der Waals surface area contributed by atoms with Gasteiger partial charge in [-0.05, 0) is 36.1 Å². The summed E-state index contributed by atoms with van der Waals surface area (Å²) in [4.78, 5) is 17.5. The van der Waals surface area contributed by atoms with Crippen LogP contribution in [-0.4, -0.2) is 31.5 Å². The summed E-state index contributed by atoms with van der Waals surface area (Å²) < 4.78 is 3.73. The van der Waals surface area contributed by atoms with Crippen LogP contribution < -0.4 is 5.32 Å². The predicted molar refractivity (Wildman–Crippen MR) is 118 cm³/mol. The number of nitrogens with zero attached hydrogens (tertiary/aromatic N) is 4. The first-order valence-corrected chi connectivity index (χ1v) is 10.9. The van der Waals surface area contributed by atoms with E-state index in [1.807, 2.05) is 59.4 Å². The second kappa shape index (κ2) is 8.71. The molecule has 2 aromatic heterocycles. The lowest BCUT2D eigenvalue weighted by molar-refractivity contribution is -0.116. The summed E-state index contributed by atoms with van der Waals surface area (Å²) in [6.07, 6.45) is 3.70. The van der Waals surface area contributed by atoms with Gasteiger partial charge in [0.2, 0.25) is 5.91 Å². The normalized spacial score (nSPS) is 11.1. The Kier molecular flexibility index (Phi) is 5.87. The van der Waals surface area contributed by atoms with Crippen molar-refractivity contribution >= 4 is 46.1 Å². The van der Waals surface area contributed by atoms with Crippen molar-refractivity contribution < 1.29 is 4.79 Å². The van der Waals surface area contributed by atoms with Crippen LogP contribution in [-0.2, 0) is 23.6 Å². The molecule has 0 bridgehead atoms. The number of benzene rings is 2. The number of anilines is 1. The SMILES string of the molecule is CSCc1nc2ccccc2n1CC(=O)Nc1ccnn1Cc1ccc(Cl)cc1. The molecule has 29 heavy (non-hydrogen) atoms. The predicted octanol–water partition coefficient (Wildman–Crippen LogP) is 4.44. The zero-order chi connectivity index (χ0) is 20.2. The number of hydrogen-bond acceptors (Lipinski definition) is 4. The van der Waals surface area contributed by atoms with E-state index in [2.05, 4.69) is 15.4 Å². The van der Waals surface area contributed by atoms with Gasteiger partial charge in [-0.15, -0.1) is 0 Å². The Morgan fingerprint density at radius 1 is 1.14 bits per heavy atom. The molecule has 0 aliphatic rings. The lowest BCUT2D eigenvalue weighted by atomic mass is 10.2. The first kappa shape index (κ1) is 19.5. The highest BCUT2D eigenvalue weighted by atomic mass is 35.5. The average Bonchev–Trinajstić information content (AvgIpc) is 3.29. The van der Waals surface area contributed by atoms with Gasteiger partial charge in [0.05, 0.1) is 29.5 Å². The molecule has 2 heterocycles. The van der Waals surface area contributed by atoms with Crippen LogP contribution in [0.3, 0.4) is 0 Å². The van der Waals surface area contributed by atoms with Crippen molar-refractivity contribution in [1.29, 1.82) is 0 Å². The highest BCUT2D eigenvalue weighted by molar-refractivity contribution is 7.97. The van der Waals surface area contributed by atoms with E-state index in [1.165, 1.54) is 0 Å². The van der Waals surface area contributed by atoms with Gasteiger partial charge < -0.3 is 9.88 Å². The third-order valence-corrected chi connectivity index (χ3v) is 5.34. The van der Waals surface area contributed by atoms with Gasteiger partial charge in [-0.3, -0.25) is 4.79 Å². The van der Waals surface area contributed by atoms with Gasteiger partial charge in [-0.1, -0.05) is 35.9 Å². The van der Waals surface area contributed by atoms with Gasteiger partial charge in [0.1, 0.15) is 18.2 Å². The minimum absolute atomic E-state index is 0.117. The van der Waals surface area contributed by atoms with Crippen LogP contribution in [0.5, 0.6) is 0 Å². The maximum absolute atomic E-state index is 12.8. The number of nitrogens with one attached hydrogen (secondary N) is 1. The largest absolute Gasteiger partial charge is 0.318 e. The second-order valence-electron chi connectivity index (χ2n) is 6.58. The van der Waals surface area contributed by atoms with E-state index in [0.717, 1.165) is 28.2 Å². The molecule has 0 aliphatic heterocycles. The van der Waals surface area contributed by atoms with E-state index in [-0.39, 0.29) is 12.5 Å². The lowest BCUT2D eigenvalue weighted by Crippen LogP contribution is -2.22. The number of carbonyl (C=O) groups excluding carboxylic acids is 1. The van der Waals surface area contributed by atoms with Crippen molar-refractivity contribution in [3.63, 3.8) is 0 Å². The fourth-order valence-electron chi connectivity index (χ4n) is 3.19. The zero-order valence-electron chi connectivity index (χ0n) is 15.9. The van der Waals surface area contributed by atoms with E-state index in [0.29, 0.717) is 17.4 Å². The number of para-hydroxylation sites is 2. The quantitative estimate of drug-likeness (QED) is 0.475. The highest BCUT2D eigenvalue weighted by Crippen LogP contribution is 2.19. The Balaban J connectivity index is 1.51. The van der Waals surface area contributed by atoms with Gasteiger partial charge in [-0.25, -0.2) is 9.67 Å². The molecule has 6 nitrogen and oxygen atoms in total. The first-order valence-electron chi connectivity index (χ1n) is 9.13. The number of thioether (sulfide) groups is 1. The Morgan fingerprint density at radius 3 is 2.72 bits per heavy atom. The molecule has 0 unspecified atom stereocenters. The monoisotopic (exact) mass is 425 g/mol. The van der Waals surface area contributed by atoms with E-state index in [1.54, 1.807) is 28.7 Å². The van der Waals surface area contributed by atoms with Crippen molar-refractivity contribution in [3.05, 3.63) is 77.2 Å². The Labute approximate surface area is 177 Å². The minimum atomic E-state index is -0.117. The molecule has 0 spiro atoms. The van der Waals surface area contributed by atoms with Gasteiger partial charge in [0, 0.05) is 11.1 Å². The Hall–Kier alpha value is -2.77. The van der Waals surface area contributed by atoms with E-state index < -0.39 is 0 Å². The van der Waals surface area contributed by atoms with Crippen LogP contribution in [0.4, 0.5) is 5.82 Å². The molecule has 4 rings (SSSR count). The number of hydrogen-bond donors (Lipinski definition) is 1. The lowest BCUT2D eigenvalue weighted by Gasteiger charge is -2.11. The molecule has 0 saturated carbocycles. The molecule has 2 aromatic carbocycles. The maximum Gasteiger partial charge on any atom is 0.245 e. The molecule has 0 fully saturated rings. The number of rotatable bonds is 7. The van der Waals surface area contributed by atoms with Crippen LogP contribution in [0.1, 0.15) is 11.4 Å². The van der Waals surface area contributed by atoms with Gasteiger partial charge in [0.25, 0.3) is 0 Å². The van der Waals surface area contributed by atoms with Crippen molar-refractivity contribution in [3.8, 4) is 0 Å². The number of carbonyl (C=O) groups is 1. The van der Waals surface area contributed by atoms with E-state index in [4.69, 9.17) is 11.6 Å². The molecular weight excluding hydrogens is 406 g/mol. The number of halogens is 1. The molecule has 1 N–H and O–H groups in total. The molecule has 0 radical (unpaired) electrons. The smallest absolute Gasteiger partial charge is 0.245 e. The Bertz CT molecular complexity index is 1140. The Morgan fingerprint density at radius 2 is 1.93 bits per heavy atom. The van der Waals surface area contributed by atoms with Crippen LogP contribution in [0, 0.1) is 0 Å². The van der Waals surface area contributed by atoms with Crippen LogP contribution >= 0.6 is 23.4 Å². The van der Waals surface area contributed by atoms with Crippen molar-refractivity contribution in [1.82, 2.24) is 19.3 Å². The summed E-state index contributed by atoms with van der Waals surface area (Å²) in [6, 6.07) is 17.2.